The van der Waals surface area contributed by atoms with Gasteiger partial charge in [-0.05, 0) is 62.4 Å². The summed E-state index contributed by atoms with van der Waals surface area (Å²) in [7, 11) is 0. The van der Waals surface area contributed by atoms with Crippen LogP contribution in [0.3, 0.4) is 0 Å². The zero-order valence-corrected chi connectivity index (χ0v) is 20.2. The topological polar surface area (TPSA) is 94.1 Å². The number of fused-ring (bicyclic) bond motifs is 1. The summed E-state index contributed by atoms with van der Waals surface area (Å²) in [5.74, 6) is 0. The number of nitrogens with zero attached hydrogens (tertiary/aromatic N) is 2. The monoisotopic (exact) mass is 516 g/mol. The van der Waals surface area contributed by atoms with Crippen molar-refractivity contribution in [3.63, 3.8) is 0 Å². The number of nitro benzene ring substituents is 1. The fraction of sp³-hybridized carbons (Fsp3) is 0.318. The van der Waals surface area contributed by atoms with Gasteiger partial charge in [0.1, 0.15) is 0 Å². The molecular formula is C22H24Cl4N4O2. The maximum atomic E-state index is 11.4. The third-order valence-corrected chi connectivity index (χ3v) is 6.45. The van der Waals surface area contributed by atoms with Gasteiger partial charge in [0.15, 0.2) is 0 Å². The Morgan fingerprint density at radius 3 is 2.56 bits per heavy atom. The molecule has 1 aliphatic carbocycles. The number of aromatic nitrogens is 1. The van der Waals surface area contributed by atoms with Crippen molar-refractivity contribution in [2.75, 3.05) is 5.32 Å². The van der Waals surface area contributed by atoms with Gasteiger partial charge in [-0.25, -0.2) is 0 Å². The molecule has 172 valence electrons. The predicted molar refractivity (Wildman–Crippen MR) is 136 cm³/mol. The number of halogens is 4. The molecule has 3 N–H and O–H groups in total. The number of hydrogen-bond acceptors (Lipinski definition) is 5. The van der Waals surface area contributed by atoms with Crippen molar-refractivity contribution in [1.29, 1.82) is 0 Å². The minimum Gasteiger partial charge on any atom is -0.382 e. The van der Waals surface area contributed by atoms with Crippen LogP contribution in [-0.2, 0) is 6.42 Å². The number of anilines is 1. The minimum absolute atomic E-state index is 0. The van der Waals surface area contributed by atoms with Crippen LogP contribution in [0.25, 0.3) is 10.9 Å². The second-order valence-corrected chi connectivity index (χ2v) is 8.82. The van der Waals surface area contributed by atoms with Crippen LogP contribution in [0.2, 0.25) is 10.0 Å². The van der Waals surface area contributed by atoms with Crippen molar-refractivity contribution in [3.05, 3.63) is 74.4 Å². The fourth-order valence-corrected chi connectivity index (χ4v) is 4.63. The molecule has 0 radical (unpaired) electrons. The van der Waals surface area contributed by atoms with Crippen LogP contribution in [0.5, 0.6) is 0 Å². The molecule has 1 heterocycles. The van der Waals surface area contributed by atoms with E-state index >= 15 is 0 Å². The molecule has 6 nitrogen and oxygen atoms in total. The molecule has 0 atom stereocenters. The molecule has 4 rings (SSSR count). The van der Waals surface area contributed by atoms with E-state index in [1.165, 1.54) is 6.07 Å². The fourth-order valence-electron chi connectivity index (χ4n) is 4.23. The summed E-state index contributed by atoms with van der Waals surface area (Å²) in [5, 5.41) is 17.1. The van der Waals surface area contributed by atoms with Gasteiger partial charge in [-0.3, -0.25) is 15.1 Å². The Kier molecular flexibility index (Phi) is 8.97. The van der Waals surface area contributed by atoms with Crippen LogP contribution in [0, 0.1) is 10.1 Å². The van der Waals surface area contributed by atoms with Crippen molar-refractivity contribution in [1.82, 2.24) is 4.98 Å². The zero-order valence-electron chi connectivity index (χ0n) is 17.1. The van der Waals surface area contributed by atoms with E-state index in [1.807, 2.05) is 24.3 Å². The average Bonchev–Trinajstić information content (AvgIpc) is 2.71. The van der Waals surface area contributed by atoms with Crippen LogP contribution in [0.1, 0.15) is 31.2 Å². The van der Waals surface area contributed by atoms with Gasteiger partial charge in [0, 0.05) is 39.9 Å². The number of nitrogens with two attached hydrogens (primary N) is 1. The Balaban J connectivity index is 0.00000181. The number of nitro groups is 1. The Hall–Kier alpha value is -1.83. The molecular weight excluding hydrogens is 494 g/mol. The highest BCUT2D eigenvalue weighted by atomic mass is 35.5. The maximum absolute atomic E-state index is 11.4. The molecule has 3 aromatic rings. The lowest BCUT2D eigenvalue weighted by atomic mass is 9.76. The van der Waals surface area contributed by atoms with E-state index in [4.69, 9.17) is 28.9 Å². The first-order valence-electron chi connectivity index (χ1n) is 9.86. The second kappa shape index (κ2) is 10.9. The van der Waals surface area contributed by atoms with Crippen LogP contribution in [-0.4, -0.2) is 21.5 Å². The van der Waals surface area contributed by atoms with Crippen LogP contribution >= 0.6 is 48.0 Å². The SMILES string of the molecule is Cl.Cl.NC1(Cc2c(Cl)cccc2[N+](=O)[O-])CCC(Nc2ccnc3cc(Cl)ccc23)CC1. The van der Waals surface area contributed by atoms with E-state index in [0.717, 1.165) is 42.3 Å². The summed E-state index contributed by atoms with van der Waals surface area (Å²) in [6.45, 7) is 0. The molecule has 0 amide bonds. The summed E-state index contributed by atoms with van der Waals surface area (Å²) < 4.78 is 0. The van der Waals surface area contributed by atoms with Gasteiger partial charge in [-0.1, -0.05) is 29.3 Å². The Morgan fingerprint density at radius 2 is 1.88 bits per heavy atom. The van der Waals surface area contributed by atoms with Gasteiger partial charge in [-0.15, -0.1) is 24.8 Å². The molecule has 1 aliphatic rings. The number of rotatable bonds is 5. The number of pyridine rings is 1. The van der Waals surface area contributed by atoms with Crippen LogP contribution < -0.4 is 11.1 Å². The van der Waals surface area contributed by atoms with E-state index in [9.17, 15) is 10.1 Å². The number of hydrogen-bond donors (Lipinski definition) is 2. The summed E-state index contributed by atoms with van der Waals surface area (Å²) >= 11 is 12.3. The molecule has 32 heavy (non-hydrogen) atoms. The Bertz CT molecular complexity index is 1100. The molecule has 0 bridgehead atoms. The summed E-state index contributed by atoms with van der Waals surface area (Å²) in [6, 6.07) is 12.7. The number of nitrogens with one attached hydrogen (secondary N) is 1. The van der Waals surface area contributed by atoms with Crippen molar-refractivity contribution in [2.45, 2.75) is 43.7 Å². The van der Waals surface area contributed by atoms with Gasteiger partial charge in [0.25, 0.3) is 5.69 Å². The molecule has 0 unspecified atom stereocenters. The van der Waals surface area contributed by atoms with Gasteiger partial charge >= 0.3 is 0 Å². The smallest absolute Gasteiger partial charge is 0.274 e. The van der Waals surface area contributed by atoms with E-state index < -0.39 is 10.5 Å². The molecule has 2 aromatic carbocycles. The van der Waals surface area contributed by atoms with Gasteiger partial charge in [0.05, 0.1) is 21.0 Å². The lowest BCUT2D eigenvalue weighted by molar-refractivity contribution is -0.385. The average molecular weight is 518 g/mol. The highest BCUT2D eigenvalue weighted by Crippen LogP contribution is 2.36. The predicted octanol–water partition coefficient (Wildman–Crippen LogP) is 6.59. The summed E-state index contributed by atoms with van der Waals surface area (Å²) in [5.41, 5.74) is 8.58. The summed E-state index contributed by atoms with van der Waals surface area (Å²) in [6.07, 6.45) is 5.40. The third kappa shape index (κ3) is 5.74. The van der Waals surface area contributed by atoms with Crippen molar-refractivity contribution >= 4 is 70.3 Å². The largest absolute Gasteiger partial charge is 0.382 e. The highest BCUT2D eigenvalue weighted by Gasteiger charge is 2.34. The van der Waals surface area contributed by atoms with E-state index in [1.54, 1.807) is 18.3 Å². The van der Waals surface area contributed by atoms with E-state index in [0.29, 0.717) is 22.0 Å². The van der Waals surface area contributed by atoms with Crippen molar-refractivity contribution in [2.24, 2.45) is 5.73 Å². The zero-order chi connectivity index (χ0) is 21.3. The van der Waals surface area contributed by atoms with Gasteiger partial charge in [0.2, 0.25) is 0 Å². The standard InChI is InChI=1S/C22H22Cl2N4O2.2ClH/c23-14-4-5-16-19(8-11-26-20(16)12-14)27-15-6-9-22(25,10-7-15)13-17-18(24)2-1-3-21(17)28(29)30;;/h1-5,8,11-12,15H,6-7,9-10,13,25H2,(H,26,27);2*1H. The molecule has 0 saturated heterocycles. The van der Waals surface area contributed by atoms with E-state index in [2.05, 4.69) is 10.3 Å². The molecule has 1 fully saturated rings. The van der Waals surface area contributed by atoms with Crippen LogP contribution in [0.15, 0.2) is 48.7 Å². The lowest BCUT2D eigenvalue weighted by Crippen LogP contribution is -2.47. The van der Waals surface area contributed by atoms with Crippen molar-refractivity contribution in [3.8, 4) is 0 Å². The Labute approximate surface area is 208 Å². The van der Waals surface area contributed by atoms with Gasteiger partial charge < -0.3 is 11.1 Å². The van der Waals surface area contributed by atoms with Gasteiger partial charge in [-0.2, -0.15) is 0 Å². The lowest BCUT2D eigenvalue weighted by Gasteiger charge is -2.38. The second-order valence-electron chi connectivity index (χ2n) is 7.97. The first kappa shape index (κ1) is 26.4. The molecule has 1 saturated carbocycles. The van der Waals surface area contributed by atoms with Crippen LogP contribution in [0.4, 0.5) is 11.4 Å². The first-order chi connectivity index (χ1) is 14.3. The Morgan fingerprint density at radius 1 is 1.16 bits per heavy atom. The maximum Gasteiger partial charge on any atom is 0.274 e. The van der Waals surface area contributed by atoms with E-state index in [-0.39, 0.29) is 36.5 Å². The third-order valence-electron chi connectivity index (χ3n) is 5.87. The van der Waals surface area contributed by atoms with Crippen molar-refractivity contribution < 1.29 is 4.92 Å². The normalized spacial score (nSPS) is 20.2. The first-order valence-corrected chi connectivity index (χ1v) is 10.6. The quantitative estimate of drug-likeness (QED) is 0.294. The molecule has 10 heteroatoms. The molecule has 0 aliphatic heterocycles. The molecule has 1 aromatic heterocycles. The minimum atomic E-state index is -0.512. The molecule has 0 spiro atoms. The highest BCUT2D eigenvalue weighted by molar-refractivity contribution is 6.31. The summed E-state index contributed by atoms with van der Waals surface area (Å²) in [4.78, 5) is 15.4. The number of benzene rings is 2.